The molecule has 2 aromatic carbocycles. The van der Waals surface area contributed by atoms with Crippen molar-refractivity contribution >= 4 is 35.0 Å². The highest BCUT2D eigenvalue weighted by molar-refractivity contribution is 7.09. The number of halogens is 7. The Morgan fingerprint density at radius 3 is 2.18 bits per heavy atom. The van der Waals surface area contributed by atoms with Crippen LogP contribution in [0, 0.1) is 47.6 Å². The molecule has 1 aliphatic rings. The van der Waals surface area contributed by atoms with Crippen LogP contribution in [0.1, 0.15) is 41.1 Å². The Morgan fingerprint density at radius 2 is 1.51 bits per heavy atom. The molecule has 264 valence electrons. The van der Waals surface area contributed by atoms with Crippen molar-refractivity contribution in [1.82, 2.24) is 25.4 Å². The van der Waals surface area contributed by atoms with Gasteiger partial charge in [-0.15, -0.1) is 11.3 Å². The van der Waals surface area contributed by atoms with Crippen molar-refractivity contribution in [1.29, 1.82) is 0 Å². The van der Waals surface area contributed by atoms with Crippen molar-refractivity contribution < 1.29 is 49.9 Å². The fourth-order valence-electron chi connectivity index (χ4n) is 5.17. The van der Waals surface area contributed by atoms with Gasteiger partial charge in [-0.25, -0.2) is 35.7 Å². The summed E-state index contributed by atoms with van der Waals surface area (Å²) in [6, 6.07) is 0.873. The molecule has 1 atom stereocenters. The van der Waals surface area contributed by atoms with Crippen molar-refractivity contribution in [3.05, 3.63) is 86.1 Å². The number of amides is 4. The topological polar surface area (TPSA) is 112 Å². The number of hydrogen-bond donors (Lipinski definition) is 2. The number of aromatic nitrogens is 1. The lowest BCUT2D eigenvalue weighted by atomic mass is 10.0. The number of rotatable bonds is 8. The van der Waals surface area contributed by atoms with Gasteiger partial charge in [-0.1, -0.05) is 0 Å². The van der Waals surface area contributed by atoms with E-state index in [1.165, 1.54) is 11.3 Å². The lowest BCUT2D eigenvalue weighted by molar-refractivity contribution is -0.143. The fourth-order valence-corrected chi connectivity index (χ4v) is 5.82. The highest BCUT2D eigenvalue weighted by Crippen LogP contribution is 2.25. The summed E-state index contributed by atoms with van der Waals surface area (Å²) in [4.78, 5) is 59.6. The van der Waals surface area contributed by atoms with Crippen molar-refractivity contribution in [3.8, 4) is 0 Å². The van der Waals surface area contributed by atoms with Gasteiger partial charge in [0, 0.05) is 49.8 Å². The maximum Gasteiger partial charge on any atom is 0.245 e. The van der Waals surface area contributed by atoms with Gasteiger partial charge in [0.25, 0.3) is 0 Å². The summed E-state index contributed by atoms with van der Waals surface area (Å²) < 4.78 is 99.7. The molecule has 2 N–H and O–H groups in total. The first-order valence-corrected chi connectivity index (χ1v) is 16.1. The van der Waals surface area contributed by atoms with E-state index < -0.39 is 95.5 Å². The SMILES string of the molecule is Cc1nc(CCN2CC(=O)N(CCc3cc(F)ccc3F)CC(=O)NCCCCC(=O)N[C@@H](Cc3c(F)c(F)c(F)c(F)c3F)C2=O)cs1. The first-order valence-electron chi connectivity index (χ1n) is 15.2. The van der Waals surface area contributed by atoms with Crippen molar-refractivity contribution in [3.63, 3.8) is 0 Å². The Kier molecular flexibility index (Phi) is 12.7. The zero-order valence-corrected chi connectivity index (χ0v) is 27.0. The number of carbonyl (C=O) groups excluding carboxylic acids is 4. The molecule has 1 aliphatic heterocycles. The Labute approximate surface area is 280 Å². The smallest absolute Gasteiger partial charge is 0.245 e. The molecule has 0 radical (unpaired) electrons. The van der Waals surface area contributed by atoms with Gasteiger partial charge < -0.3 is 20.4 Å². The Morgan fingerprint density at radius 1 is 0.837 bits per heavy atom. The van der Waals surface area contributed by atoms with E-state index in [9.17, 15) is 49.9 Å². The maximum atomic E-state index is 14.8. The summed E-state index contributed by atoms with van der Waals surface area (Å²) in [7, 11) is 0. The van der Waals surface area contributed by atoms with Crippen LogP contribution >= 0.6 is 11.3 Å². The number of thiazole rings is 1. The molecule has 0 aliphatic carbocycles. The van der Waals surface area contributed by atoms with Gasteiger partial charge in [0.1, 0.15) is 17.7 Å². The Balaban J connectivity index is 1.70. The number of aryl methyl sites for hydroxylation is 1. The second-order valence-corrected chi connectivity index (χ2v) is 12.4. The average molecular weight is 716 g/mol. The van der Waals surface area contributed by atoms with Crippen LogP contribution in [0.25, 0.3) is 0 Å². The largest absolute Gasteiger partial charge is 0.355 e. The molecule has 4 amide bonds. The number of nitrogens with one attached hydrogen (secondary N) is 2. The van der Waals surface area contributed by atoms with Gasteiger partial charge in [0.15, 0.2) is 23.3 Å². The van der Waals surface area contributed by atoms with Gasteiger partial charge in [-0.05, 0) is 49.9 Å². The minimum Gasteiger partial charge on any atom is -0.355 e. The molecule has 2 heterocycles. The fraction of sp³-hybridized carbons (Fsp3) is 0.406. The zero-order chi connectivity index (χ0) is 35.8. The predicted octanol–water partition coefficient (Wildman–Crippen LogP) is 3.90. The van der Waals surface area contributed by atoms with Gasteiger partial charge in [-0.2, -0.15) is 0 Å². The van der Waals surface area contributed by atoms with E-state index in [-0.39, 0.29) is 57.3 Å². The highest BCUT2D eigenvalue weighted by atomic mass is 32.1. The molecule has 17 heteroatoms. The van der Waals surface area contributed by atoms with E-state index in [2.05, 4.69) is 15.6 Å². The van der Waals surface area contributed by atoms with Gasteiger partial charge in [-0.3, -0.25) is 19.2 Å². The van der Waals surface area contributed by atoms with Crippen LogP contribution in [0.3, 0.4) is 0 Å². The van der Waals surface area contributed by atoms with E-state index in [0.29, 0.717) is 10.7 Å². The van der Waals surface area contributed by atoms with Crippen LogP contribution in [0.15, 0.2) is 23.6 Å². The third-order valence-corrected chi connectivity index (χ3v) is 8.61. The monoisotopic (exact) mass is 715 g/mol. The third-order valence-electron chi connectivity index (χ3n) is 7.78. The maximum absolute atomic E-state index is 14.8. The average Bonchev–Trinajstić information content (AvgIpc) is 3.49. The first kappa shape index (κ1) is 37.3. The van der Waals surface area contributed by atoms with Gasteiger partial charge in [0.2, 0.25) is 29.4 Å². The van der Waals surface area contributed by atoms with Crippen LogP contribution < -0.4 is 10.6 Å². The molecule has 0 saturated carbocycles. The van der Waals surface area contributed by atoms with Crippen molar-refractivity contribution in [2.45, 2.75) is 51.5 Å². The summed E-state index contributed by atoms with van der Waals surface area (Å²) >= 11 is 1.30. The molecule has 9 nitrogen and oxygen atoms in total. The number of benzene rings is 2. The summed E-state index contributed by atoms with van der Waals surface area (Å²) in [6.07, 6.45) is -1.10. The first-order chi connectivity index (χ1) is 23.2. The molecular weight excluding hydrogens is 683 g/mol. The Hall–Kier alpha value is -4.54. The van der Waals surface area contributed by atoms with Crippen molar-refractivity contribution in [2.24, 2.45) is 0 Å². The molecule has 1 fully saturated rings. The molecule has 3 aromatic rings. The number of carbonyl (C=O) groups is 4. The van der Waals surface area contributed by atoms with Crippen LogP contribution in [-0.4, -0.2) is 77.2 Å². The molecule has 49 heavy (non-hydrogen) atoms. The number of hydrogen-bond acceptors (Lipinski definition) is 6. The molecular formula is C32H32F7N5O4S. The minimum atomic E-state index is -2.40. The minimum absolute atomic E-state index is 0.0571. The van der Waals surface area contributed by atoms with Gasteiger partial charge >= 0.3 is 0 Å². The third kappa shape index (κ3) is 9.77. The Bertz CT molecular complexity index is 1690. The summed E-state index contributed by atoms with van der Waals surface area (Å²) in [5.41, 5.74) is -0.916. The standard InChI is InChI=1S/C32H32F7N5O4S/c1-17-41-20(16-49-17)8-11-44-15-26(47)43(10-7-18-12-19(33)5-6-22(18)34)14-25(46)40-9-3-2-4-24(45)42-23(32(44)48)13-21-27(35)29(37)31(39)30(38)28(21)36/h5-6,12,16,23H,2-4,7-11,13-15H2,1H3,(H,40,46)(H,42,45)/t23-/m0/s1. The summed E-state index contributed by atoms with van der Waals surface area (Å²) in [5, 5.41) is 7.29. The van der Waals surface area contributed by atoms with Crippen LogP contribution in [0.4, 0.5) is 30.7 Å². The highest BCUT2D eigenvalue weighted by Gasteiger charge is 2.34. The lowest BCUT2D eigenvalue weighted by Crippen LogP contribution is -2.53. The second-order valence-electron chi connectivity index (χ2n) is 11.3. The quantitative estimate of drug-likeness (QED) is 0.209. The molecule has 4 rings (SSSR count). The van der Waals surface area contributed by atoms with Crippen LogP contribution in [0.5, 0.6) is 0 Å². The molecule has 1 aromatic heterocycles. The zero-order valence-electron chi connectivity index (χ0n) is 26.2. The summed E-state index contributed by atoms with van der Waals surface area (Å²) in [5.74, 6) is -16.0. The van der Waals surface area contributed by atoms with Gasteiger partial charge in [0.05, 0.1) is 23.8 Å². The van der Waals surface area contributed by atoms with Crippen LogP contribution in [0.2, 0.25) is 0 Å². The molecule has 1 saturated heterocycles. The van der Waals surface area contributed by atoms with E-state index in [1.54, 1.807) is 12.3 Å². The molecule has 0 bridgehead atoms. The lowest BCUT2D eigenvalue weighted by Gasteiger charge is -2.30. The summed E-state index contributed by atoms with van der Waals surface area (Å²) in [6.45, 7) is -0.0367. The predicted molar refractivity (Wildman–Crippen MR) is 163 cm³/mol. The number of nitrogens with zero attached hydrogens (tertiary/aromatic N) is 3. The van der Waals surface area contributed by atoms with E-state index >= 15 is 0 Å². The van der Waals surface area contributed by atoms with E-state index in [1.807, 2.05) is 0 Å². The van der Waals surface area contributed by atoms with Crippen LogP contribution in [-0.2, 0) is 38.4 Å². The van der Waals surface area contributed by atoms with E-state index in [4.69, 9.17) is 0 Å². The molecule has 0 unspecified atom stereocenters. The molecule has 0 spiro atoms. The normalized spacial score (nSPS) is 17.1. The second kappa shape index (κ2) is 16.7. The van der Waals surface area contributed by atoms with E-state index in [0.717, 1.165) is 28.0 Å². The van der Waals surface area contributed by atoms with Crippen molar-refractivity contribution in [2.75, 3.05) is 32.7 Å².